The van der Waals surface area contributed by atoms with Crippen molar-refractivity contribution in [3.63, 3.8) is 0 Å². The molecule has 4 nitrogen and oxygen atoms in total. The first-order chi connectivity index (χ1) is 9.52. The monoisotopic (exact) mass is 318 g/mol. The Labute approximate surface area is 131 Å². The van der Waals surface area contributed by atoms with Gasteiger partial charge < -0.3 is 5.32 Å². The van der Waals surface area contributed by atoms with Crippen LogP contribution in [0.1, 0.15) is 54.4 Å². The van der Waals surface area contributed by atoms with Crippen molar-refractivity contribution >= 4 is 9.84 Å². The van der Waals surface area contributed by atoms with Crippen molar-refractivity contribution in [3.05, 3.63) is 0 Å². The Kier molecular flexibility index (Phi) is 6.28. The first-order valence-corrected chi connectivity index (χ1v) is 10.0. The lowest BCUT2D eigenvalue weighted by atomic mass is 9.80. The maximum Gasteiger partial charge on any atom is 0.153 e. The van der Waals surface area contributed by atoms with Gasteiger partial charge in [0.15, 0.2) is 9.84 Å². The Morgan fingerprint density at radius 2 is 1.76 bits per heavy atom. The molecular formula is C16H34N2O2S. The van der Waals surface area contributed by atoms with E-state index in [9.17, 15) is 8.42 Å². The number of nitrogens with one attached hydrogen (secondary N) is 1. The molecule has 1 fully saturated rings. The van der Waals surface area contributed by atoms with Crippen LogP contribution in [0, 0.1) is 5.41 Å². The summed E-state index contributed by atoms with van der Waals surface area (Å²) >= 11 is 0. The zero-order valence-electron chi connectivity index (χ0n) is 14.7. The van der Waals surface area contributed by atoms with Crippen LogP contribution in [0.2, 0.25) is 0 Å². The van der Waals surface area contributed by atoms with Crippen molar-refractivity contribution in [2.24, 2.45) is 5.41 Å². The van der Waals surface area contributed by atoms with Gasteiger partial charge >= 0.3 is 0 Å². The molecule has 5 heteroatoms. The van der Waals surface area contributed by atoms with Gasteiger partial charge in [-0.15, -0.1) is 0 Å². The fourth-order valence-electron chi connectivity index (χ4n) is 2.93. The Hall–Kier alpha value is -0.130. The first-order valence-electron chi connectivity index (χ1n) is 8.22. The molecule has 126 valence electrons. The summed E-state index contributed by atoms with van der Waals surface area (Å²) in [4.78, 5) is 2.37. The third kappa shape index (κ3) is 5.87. The minimum absolute atomic E-state index is 0.118. The third-order valence-corrected chi connectivity index (χ3v) is 6.64. The van der Waals surface area contributed by atoms with E-state index in [0.29, 0.717) is 18.1 Å². The lowest BCUT2D eigenvalue weighted by molar-refractivity contribution is 0.106. The van der Waals surface area contributed by atoms with E-state index in [1.165, 1.54) is 0 Å². The summed E-state index contributed by atoms with van der Waals surface area (Å²) in [6.45, 7) is 15.8. The molecular weight excluding hydrogens is 284 g/mol. The summed E-state index contributed by atoms with van der Waals surface area (Å²) < 4.78 is 23.5. The highest BCUT2D eigenvalue weighted by Crippen LogP contribution is 2.29. The molecule has 1 atom stereocenters. The number of sulfone groups is 1. The predicted octanol–water partition coefficient (Wildman–Crippen LogP) is 2.30. The van der Waals surface area contributed by atoms with Crippen molar-refractivity contribution in [1.29, 1.82) is 0 Å². The summed E-state index contributed by atoms with van der Waals surface area (Å²) in [5.74, 6) is 0.622. The van der Waals surface area contributed by atoms with Crippen LogP contribution in [0.3, 0.4) is 0 Å². The van der Waals surface area contributed by atoms with Crippen molar-refractivity contribution in [2.75, 3.05) is 31.1 Å². The Morgan fingerprint density at radius 3 is 2.19 bits per heavy atom. The minimum atomic E-state index is -2.83. The lowest BCUT2D eigenvalue weighted by Crippen LogP contribution is -2.54. The zero-order valence-corrected chi connectivity index (χ0v) is 15.5. The summed E-state index contributed by atoms with van der Waals surface area (Å²) in [5, 5.41) is 3.64. The SMILES string of the molecule is CCC(CC)(CNC(C)(C)C)CN1CCS(=O)(=O)CC1C. The topological polar surface area (TPSA) is 49.4 Å². The van der Waals surface area contributed by atoms with Crippen molar-refractivity contribution in [2.45, 2.75) is 66.0 Å². The molecule has 0 spiro atoms. The molecule has 1 aliphatic rings. The van der Waals surface area contributed by atoms with Crippen LogP contribution in [0.15, 0.2) is 0 Å². The van der Waals surface area contributed by atoms with Gasteiger partial charge in [-0.05, 0) is 46.0 Å². The van der Waals surface area contributed by atoms with E-state index < -0.39 is 9.84 Å². The number of hydrogen-bond acceptors (Lipinski definition) is 4. The van der Waals surface area contributed by atoms with E-state index in [4.69, 9.17) is 0 Å². The smallest absolute Gasteiger partial charge is 0.153 e. The van der Waals surface area contributed by atoms with E-state index >= 15 is 0 Å². The van der Waals surface area contributed by atoms with Crippen LogP contribution < -0.4 is 5.32 Å². The van der Waals surface area contributed by atoms with Gasteiger partial charge in [0.1, 0.15) is 0 Å². The van der Waals surface area contributed by atoms with Crippen LogP contribution in [0.25, 0.3) is 0 Å². The van der Waals surface area contributed by atoms with Crippen molar-refractivity contribution in [1.82, 2.24) is 10.2 Å². The van der Waals surface area contributed by atoms with Gasteiger partial charge in [-0.25, -0.2) is 8.42 Å². The molecule has 0 amide bonds. The second-order valence-corrected chi connectivity index (χ2v) is 9.97. The highest BCUT2D eigenvalue weighted by atomic mass is 32.2. The maximum atomic E-state index is 11.7. The fourth-order valence-corrected chi connectivity index (χ4v) is 4.56. The Morgan fingerprint density at radius 1 is 1.19 bits per heavy atom. The van der Waals surface area contributed by atoms with E-state index in [1.54, 1.807) is 0 Å². The normalized spacial score (nSPS) is 24.2. The molecule has 0 aromatic heterocycles. The zero-order chi connectivity index (χ0) is 16.3. The van der Waals surface area contributed by atoms with Crippen LogP contribution in [-0.4, -0.2) is 56.0 Å². The van der Waals surface area contributed by atoms with Gasteiger partial charge in [0.05, 0.1) is 11.5 Å². The van der Waals surface area contributed by atoms with E-state index in [0.717, 1.165) is 25.9 Å². The van der Waals surface area contributed by atoms with Crippen LogP contribution in [0.5, 0.6) is 0 Å². The first kappa shape index (κ1) is 18.9. The lowest BCUT2D eigenvalue weighted by Gasteiger charge is -2.43. The molecule has 0 aliphatic carbocycles. The average molecular weight is 319 g/mol. The summed E-state index contributed by atoms with van der Waals surface area (Å²) in [6.07, 6.45) is 2.23. The van der Waals surface area contributed by atoms with Gasteiger partial charge in [0, 0.05) is 31.2 Å². The molecule has 1 unspecified atom stereocenters. The molecule has 0 aromatic rings. The largest absolute Gasteiger partial charge is 0.311 e. The molecule has 1 N–H and O–H groups in total. The van der Waals surface area contributed by atoms with Crippen molar-refractivity contribution in [3.8, 4) is 0 Å². The highest BCUT2D eigenvalue weighted by Gasteiger charge is 2.35. The van der Waals surface area contributed by atoms with Crippen LogP contribution >= 0.6 is 0 Å². The molecule has 1 saturated heterocycles. The Balaban J connectivity index is 2.74. The average Bonchev–Trinajstić information content (AvgIpc) is 2.36. The number of hydrogen-bond donors (Lipinski definition) is 1. The van der Waals surface area contributed by atoms with Crippen LogP contribution in [-0.2, 0) is 9.84 Å². The van der Waals surface area contributed by atoms with E-state index in [2.05, 4.69) is 44.8 Å². The van der Waals surface area contributed by atoms with Crippen molar-refractivity contribution < 1.29 is 8.42 Å². The molecule has 0 radical (unpaired) electrons. The minimum Gasteiger partial charge on any atom is -0.311 e. The quantitative estimate of drug-likeness (QED) is 0.816. The number of nitrogens with zero attached hydrogens (tertiary/aromatic N) is 1. The van der Waals surface area contributed by atoms with Gasteiger partial charge in [-0.3, -0.25) is 4.90 Å². The second-order valence-electron chi connectivity index (χ2n) is 7.74. The number of rotatable bonds is 6. The fraction of sp³-hybridized carbons (Fsp3) is 1.00. The third-order valence-electron chi connectivity index (χ3n) is 4.84. The predicted molar refractivity (Wildman–Crippen MR) is 90.5 cm³/mol. The second kappa shape index (κ2) is 6.97. The molecule has 0 bridgehead atoms. The van der Waals surface area contributed by atoms with Gasteiger partial charge in [-0.1, -0.05) is 13.8 Å². The standard InChI is InChI=1S/C16H34N2O2S/c1-7-16(8-2,12-17-15(4,5)6)13-18-9-10-21(19,20)11-14(18)3/h14,17H,7-13H2,1-6H3. The van der Waals surface area contributed by atoms with Gasteiger partial charge in [-0.2, -0.15) is 0 Å². The highest BCUT2D eigenvalue weighted by molar-refractivity contribution is 7.91. The molecule has 0 aromatic carbocycles. The van der Waals surface area contributed by atoms with Gasteiger partial charge in [0.25, 0.3) is 0 Å². The summed E-state index contributed by atoms with van der Waals surface area (Å²) in [6, 6.07) is 0.135. The van der Waals surface area contributed by atoms with Crippen LogP contribution in [0.4, 0.5) is 0 Å². The maximum absolute atomic E-state index is 11.7. The van der Waals surface area contributed by atoms with E-state index in [-0.39, 0.29) is 17.0 Å². The molecule has 1 aliphatic heterocycles. The van der Waals surface area contributed by atoms with E-state index in [1.807, 2.05) is 6.92 Å². The summed E-state index contributed by atoms with van der Waals surface area (Å²) in [7, 11) is -2.83. The molecule has 1 heterocycles. The summed E-state index contributed by atoms with van der Waals surface area (Å²) in [5.41, 5.74) is 0.342. The molecule has 1 rings (SSSR count). The Bertz CT molecular complexity index is 422. The van der Waals surface area contributed by atoms with Gasteiger partial charge in [0.2, 0.25) is 0 Å². The molecule has 21 heavy (non-hydrogen) atoms. The molecule has 0 saturated carbocycles.